The van der Waals surface area contributed by atoms with Crippen LogP contribution >= 0.6 is 0 Å². The number of hydrogen-bond donors (Lipinski definition) is 3. The van der Waals surface area contributed by atoms with Gasteiger partial charge in [-0.2, -0.15) is 8.42 Å². The van der Waals surface area contributed by atoms with E-state index in [1.165, 1.54) is 0 Å². The van der Waals surface area contributed by atoms with Crippen LogP contribution in [-0.2, 0) is 10.1 Å². The summed E-state index contributed by atoms with van der Waals surface area (Å²) in [7, 11) is -4.25. The van der Waals surface area contributed by atoms with Gasteiger partial charge in [-0.05, 0) is 18.6 Å². The fourth-order valence-corrected chi connectivity index (χ4v) is 3.41. The van der Waals surface area contributed by atoms with Crippen LogP contribution in [-0.4, -0.2) is 18.0 Å². The van der Waals surface area contributed by atoms with Gasteiger partial charge >= 0.3 is 10.1 Å². The van der Waals surface area contributed by atoms with Crippen molar-refractivity contribution < 1.29 is 13.0 Å². The Balaban J connectivity index is 2.07. The van der Waals surface area contributed by atoms with Crippen LogP contribution in [0.3, 0.4) is 0 Å². The number of benzene rings is 1. The molecular weight excluding hydrogens is 276 g/mol. The Labute approximate surface area is 120 Å². The maximum atomic E-state index is 11.8. The number of nitrogens with one attached hydrogen (secondary N) is 2. The second kappa shape index (κ2) is 6.01. The number of fused-ring (bicyclic) bond motifs is 1. The molecule has 0 radical (unpaired) electrons. The molecule has 20 heavy (non-hydrogen) atoms. The summed E-state index contributed by atoms with van der Waals surface area (Å²) in [5, 5.41) is 5.86. The summed E-state index contributed by atoms with van der Waals surface area (Å²) in [6.07, 6.45) is 5.43. The quantitative estimate of drug-likeness (QED) is 0.531. The molecule has 0 saturated heterocycles. The van der Waals surface area contributed by atoms with Gasteiger partial charge in [0, 0.05) is 6.42 Å². The van der Waals surface area contributed by atoms with Crippen LogP contribution in [0.2, 0.25) is 0 Å². The average molecular weight is 298 g/mol. The lowest BCUT2D eigenvalue weighted by atomic mass is 10.1. The summed E-state index contributed by atoms with van der Waals surface area (Å²) < 4.78 is 33.1. The molecule has 1 aromatic carbocycles. The van der Waals surface area contributed by atoms with E-state index in [9.17, 15) is 13.0 Å². The maximum absolute atomic E-state index is 11.8. The van der Waals surface area contributed by atoms with Crippen LogP contribution in [0.4, 0.5) is 11.4 Å². The van der Waals surface area contributed by atoms with Crippen molar-refractivity contribution in [1.29, 1.82) is 0 Å². The highest BCUT2D eigenvalue weighted by Crippen LogP contribution is 2.38. The van der Waals surface area contributed by atoms with Gasteiger partial charge in [0.05, 0.1) is 11.4 Å². The van der Waals surface area contributed by atoms with E-state index in [-0.39, 0.29) is 0 Å². The second-order valence-corrected chi connectivity index (χ2v) is 6.91. The van der Waals surface area contributed by atoms with Gasteiger partial charge in [-0.15, -0.1) is 0 Å². The van der Waals surface area contributed by atoms with Gasteiger partial charge in [0.1, 0.15) is 0 Å². The zero-order valence-electron chi connectivity index (χ0n) is 11.7. The van der Waals surface area contributed by atoms with Gasteiger partial charge in [-0.1, -0.05) is 44.7 Å². The molecule has 1 aliphatic rings. The molecule has 0 saturated carbocycles. The summed E-state index contributed by atoms with van der Waals surface area (Å²) in [5.41, 5.74) is 1.41. The molecule has 3 N–H and O–H groups in total. The van der Waals surface area contributed by atoms with E-state index in [0.29, 0.717) is 17.8 Å². The zero-order chi connectivity index (χ0) is 14.6. The Morgan fingerprint density at radius 3 is 2.10 bits per heavy atom. The third-order valence-electron chi connectivity index (χ3n) is 3.67. The first-order valence-electron chi connectivity index (χ1n) is 7.11. The highest BCUT2D eigenvalue weighted by molar-refractivity contribution is 7.87. The molecule has 1 heterocycles. The Morgan fingerprint density at radius 1 is 1.05 bits per heavy atom. The van der Waals surface area contributed by atoms with Gasteiger partial charge in [-0.25, -0.2) is 0 Å². The normalized spacial score (nSPS) is 16.3. The minimum Gasteiger partial charge on any atom is -0.347 e. The van der Waals surface area contributed by atoms with E-state index < -0.39 is 15.1 Å². The Kier molecular flexibility index (Phi) is 4.55. The van der Waals surface area contributed by atoms with Gasteiger partial charge in [0.2, 0.25) is 4.99 Å². The van der Waals surface area contributed by atoms with E-state index in [0.717, 1.165) is 32.1 Å². The van der Waals surface area contributed by atoms with Crippen LogP contribution in [0, 0.1) is 0 Å². The van der Waals surface area contributed by atoms with E-state index >= 15 is 0 Å². The van der Waals surface area contributed by atoms with Crippen LogP contribution < -0.4 is 10.6 Å². The highest BCUT2D eigenvalue weighted by atomic mass is 32.2. The molecular formula is C14H22N2O3S. The van der Waals surface area contributed by atoms with Crippen molar-refractivity contribution >= 4 is 21.5 Å². The van der Waals surface area contributed by atoms with E-state index in [2.05, 4.69) is 17.6 Å². The van der Waals surface area contributed by atoms with Crippen molar-refractivity contribution in [3.05, 3.63) is 24.3 Å². The number of anilines is 2. The lowest BCUT2D eigenvalue weighted by Crippen LogP contribution is -2.49. The van der Waals surface area contributed by atoms with Crippen molar-refractivity contribution in [2.24, 2.45) is 0 Å². The second-order valence-electron chi connectivity index (χ2n) is 5.26. The Bertz CT molecular complexity index is 532. The average Bonchev–Trinajstić information content (AvgIpc) is 2.77. The summed E-state index contributed by atoms with van der Waals surface area (Å²) >= 11 is 0. The molecule has 112 valence electrons. The van der Waals surface area contributed by atoms with E-state index in [4.69, 9.17) is 0 Å². The van der Waals surface area contributed by atoms with Crippen LogP contribution in [0.5, 0.6) is 0 Å². The first-order valence-corrected chi connectivity index (χ1v) is 8.55. The summed E-state index contributed by atoms with van der Waals surface area (Å²) in [4.78, 5) is -1.48. The highest BCUT2D eigenvalue weighted by Gasteiger charge is 2.46. The fraction of sp³-hybridized carbons (Fsp3) is 0.571. The molecule has 5 nitrogen and oxygen atoms in total. The Morgan fingerprint density at radius 2 is 1.60 bits per heavy atom. The van der Waals surface area contributed by atoms with E-state index in [1.807, 2.05) is 12.1 Å². The summed E-state index contributed by atoms with van der Waals surface area (Å²) in [6, 6.07) is 7.25. The van der Waals surface area contributed by atoms with Crippen LogP contribution in [0.25, 0.3) is 0 Å². The summed E-state index contributed by atoms with van der Waals surface area (Å²) in [6.45, 7) is 2.14. The third kappa shape index (κ3) is 3.07. The van der Waals surface area contributed by atoms with Crippen molar-refractivity contribution in [3.63, 3.8) is 0 Å². The van der Waals surface area contributed by atoms with Gasteiger partial charge in [-0.3, -0.25) is 4.55 Å². The molecule has 1 aliphatic heterocycles. The number of rotatable bonds is 7. The molecule has 0 fully saturated rings. The molecule has 0 aromatic heterocycles. The maximum Gasteiger partial charge on any atom is 0.308 e. The molecule has 0 atom stereocenters. The monoisotopic (exact) mass is 298 g/mol. The zero-order valence-corrected chi connectivity index (χ0v) is 12.5. The fourth-order valence-electron chi connectivity index (χ4n) is 2.53. The molecule has 2 rings (SSSR count). The predicted octanol–water partition coefficient (Wildman–Crippen LogP) is 3.43. The standard InChI is InChI=1S/C14H22N2O3S/c1-2-3-4-5-8-11-14(20(17,18)19)15-12-9-6-7-10-13(12)16-14/h6-7,9-10,15-16H,2-5,8,11H2,1H3,(H,17,18,19). The molecule has 0 amide bonds. The van der Waals surface area contributed by atoms with Gasteiger partial charge in [0.25, 0.3) is 0 Å². The minimum atomic E-state index is -4.25. The summed E-state index contributed by atoms with van der Waals surface area (Å²) in [5.74, 6) is 0. The smallest absolute Gasteiger partial charge is 0.308 e. The molecule has 0 spiro atoms. The first kappa shape index (κ1) is 15.1. The van der Waals surface area contributed by atoms with Gasteiger partial charge < -0.3 is 10.6 Å². The first-order chi connectivity index (χ1) is 9.48. The Hall–Kier alpha value is -1.27. The lowest BCUT2D eigenvalue weighted by molar-refractivity contribution is 0.435. The minimum absolute atomic E-state index is 0.338. The van der Waals surface area contributed by atoms with E-state index in [1.54, 1.807) is 12.1 Å². The number of para-hydroxylation sites is 2. The topological polar surface area (TPSA) is 78.4 Å². The van der Waals surface area contributed by atoms with Crippen LogP contribution in [0.1, 0.15) is 45.4 Å². The lowest BCUT2D eigenvalue weighted by Gasteiger charge is -2.27. The molecule has 0 aliphatic carbocycles. The van der Waals surface area contributed by atoms with Crippen molar-refractivity contribution in [1.82, 2.24) is 0 Å². The SMILES string of the molecule is CCCCCCCC1(S(=O)(=O)O)Nc2ccccc2N1. The number of unbranched alkanes of at least 4 members (excludes halogenated alkanes) is 4. The van der Waals surface area contributed by atoms with Crippen molar-refractivity contribution in [3.8, 4) is 0 Å². The largest absolute Gasteiger partial charge is 0.347 e. The van der Waals surface area contributed by atoms with Crippen LogP contribution in [0.15, 0.2) is 24.3 Å². The molecule has 1 aromatic rings. The third-order valence-corrected chi connectivity index (χ3v) is 4.96. The molecule has 0 unspecified atom stereocenters. The van der Waals surface area contributed by atoms with Gasteiger partial charge in [0.15, 0.2) is 0 Å². The number of hydrogen-bond acceptors (Lipinski definition) is 4. The predicted molar refractivity (Wildman–Crippen MR) is 81.3 cm³/mol. The van der Waals surface area contributed by atoms with Crippen molar-refractivity contribution in [2.45, 2.75) is 50.4 Å². The molecule has 6 heteroatoms. The molecule has 0 bridgehead atoms. The van der Waals surface area contributed by atoms with Crippen molar-refractivity contribution in [2.75, 3.05) is 10.6 Å².